The Kier molecular flexibility index (Phi) is 7.19. The maximum Gasteiger partial charge on any atom is 0.255 e. The molecule has 0 aliphatic carbocycles. The van der Waals surface area contributed by atoms with Gasteiger partial charge in [-0.25, -0.2) is 0 Å². The zero-order valence-electron chi connectivity index (χ0n) is 17.0. The third kappa shape index (κ3) is 5.93. The summed E-state index contributed by atoms with van der Waals surface area (Å²) in [4.78, 5) is 23.9. The number of methoxy groups -OCH3 is 1. The Labute approximate surface area is 175 Å². The van der Waals surface area contributed by atoms with E-state index < -0.39 is 0 Å². The summed E-state index contributed by atoms with van der Waals surface area (Å²) in [6.45, 7) is 2.22. The molecular weight excluding hydrogens is 380 g/mol. The average Bonchev–Trinajstić information content (AvgIpc) is 2.74. The molecule has 3 rings (SSSR count). The Morgan fingerprint density at radius 1 is 0.833 bits per heavy atom. The third-order valence-electron chi connectivity index (χ3n) is 4.35. The van der Waals surface area contributed by atoms with Crippen LogP contribution in [0.1, 0.15) is 28.4 Å². The van der Waals surface area contributed by atoms with E-state index in [1.54, 1.807) is 49.6 Å². The van der Waals surface area contributed by atoms with Gasteiger partial charge in [-0.15, -0.1) is 0 Å². The van der Waals surface area contributed by atoms with Crippen molar-refractivity contribution in [2.45, 2.75) is 20.1 Å². The van der Waals surface area contributed by atoms with Gasteiger partial charge in [-0.3, -0.25) is 9.59 Å². The SMILES string of the molecule is COc1ccc(C(=O)Nc2cccc(NC(C)=O)c2)cc1COCc1ccccc1. The molecule has 0 heterocycles. The molecule has 0 saturated heterocycles. The standard InChI is InChI=1S/C24H24N2O4/c1-17(27)25-21-9-6-10-22(14-21)26-24(28)19-11-12-23(29-2)20(13-19)16-30-15-18-7-4-3-5-8-18/h3-14H,15-16H2,1-2H3,(H,25,27)(H,26,28). The first kappa shape index (κ1) is 21.1. The number of benzene rings is 3. The van der Waals surface area contributed by atoms with Gasteiger partial charge in [0.25, 0.3) is 5.91 Å². The zero-order chi connectivity index (χ0) is 21.3. The number of nitrogens with one attached hydrogen (secondary N) is 2. The molecule has 0 fully saturated rings. The van der Waals surface area contributed by atoms with Gasteiger partial charge in [0, 0.05) is 29.4 Å². The Balaban J connectivity index is 1.68. The van der Waals surface area contributed by atoms with Gasteiger partial charge < -0.3 is 20.1 Å². The third-order valence-corrected chi connectivity index (χ3v) is 4.35. The van der Waals surface area contributed by atoms with Crippen LogP contribution in [0.5, 0.6) is 5.75 Å². The van der Waals surface area contributed by atoms with Crippen molar-refractivity contribution in [3.8, 4) is 5.75 Å². The molecule has 154 valence electrons. The van der Waals surface area contributed by atoms with Gasteiger partial charge >= 0.3 is 0 Å². The summed E-state index contributed by atoms with van der Waals surface area (Å²) < 4.78 is 11.2. The maximum absolute atomic E-state index is 12.7. The molecule has 2 N–H and O–H groups in total. The molecule has 0 aliphatic rings. The summed E-state index contributed by atoms with van der Waals surface area (Å²) >= 11 is 0. The van der Waals surface area contributed by atoms with Crippen molar-refractivity contribution in [3.63, 3.8) is 0 Å². The van der Waals surface area contributed by atoms with Gasteiger partial charge in [-0.1, -0.05) is 36.4 Å². The molecule has 30 heavy (non-hydrogen) atoms. The normalized spacial score (nSPS) is 10.3. The number of ether oxygens (including phenoxy) is 2. The zero-order valence-corrected chi connectivity index (χ0v) is 17.0. The highest BCUT2D eigenvalue weighted by Gasteiger charge is 2.11. The smallest absolute Gasteiger partial charge is 0.255 e. The van der Waals surface area contributed by atoms with E-state index in [0.717, 1.165) is 11.1 Å². The van der Waals surface area contributed by atoms with E-state index in [9.17, 15) is 9.59 Å². The van der Waals surface area contributed by atoms with Crippen LogP contribution in [-0.2, 0) is 22.7 Å². The van der Waals surface area contributed by atoms with Crippen molar-refractivity contribution < 1.29 is 19.1 Å². The van der Waals surface area contributed by atoms with Crippen LogP contribution in [0.25, 0.3) is 0 Å². The van der Waals surface area contributed by atoms with Crippen molar-refractivity contribution in [3.05, 3.63) is 89.5 Å². The van der Waals surface area contributed by atoms with E-state index in [1.807, 2.05) is 30.3 Å². The average molecular weight is 404 g/mol. The lowest BCUT2D eigenvalue weighted by atomic mass is 10.1. The van der Waals surface area contributed by atoms with E-state index in [-0.39, 0.29) is 11.8 Å². The second-order valence-electron chi connectivity index (χ2n) is 6.72. The highest BCUT2D eigenvalue weighted by Crippen LogP contribution is 2.23. The minimum absolute atomic E-state index is 0.172. The predicted molar refractivity (Wildman–Crippen MR) is 117 cm³/mol. The summed E-state index contributed by atoms with van der Waals surface area (Å²) in [6, 6.07) is 22.1. The van der Waals surface area contributed by atoms with Crippen LogP contribution < -0.4 is 15.4 Å². The molecule has 6 nitrogen and oxygen atoms in total. The van der Waals surface area contributed by atoms with Gasteiger partial charge in [0.05, 0.1) is 20.3 Å². The second kappa shape index (κ2) is 10.2. The molecular formula is C24H24N2O4. The Morgan fingerprint density at radius 2 is 1.57 bits per heavy atom. The monoisotopic (exact) mass is 404 g/mol. The van der Waals surface area contributed by atoms with Crippen LogP contribution in [0.15, 0.2) is 72.8 Å². The fraction of sp³-hybridized carbons (Fsp3) is 0.167. The van der Waals surface area contributed by atoms with E-state index in [4.69, 9.17) is 9.47 Å². The molecule has 6 heteroatoms. The molecule has 3 aromatic rings. The van der Waals surface area contributed by atoms with Gasteiger partial charge in [0.15, 0.2) is 0 Å². The molecule has 0 bridgehead atoms. The molecule has 0 unspecified atom stereocenters. The molecule has 0 atom stereocenters. The van der Waals surface area contributed by atoms with E-state index >= 15 is 0 Å². The highest BCUT2D eigenvalue weighted by molar-refractivity contribution is 6.05. The number of anilines is 2. The predicted octanol–water partition coefficient (Wildman–Crippen LogP) is 4.62. The topological polar surface area (TPSA) is 76.7 Å². The maximum atomic E-state index is 12.7. The summed E-state index contributed by atoms with van der Waals surface area (Å²) in [6.07, 6.45) is 0. The Morgan fingerprint density at radius 3 is 2.27 bits per heavy atom. The largest absolute Gasteiger partial charge is 0.496 e. The number of hydrogen-bond acceptors (Lipinski definition) is 4. The van der Waals surface area contributed by atoms with Crippen LogP contribution in [0.2, 0.25) is 0 Å². The van der Waals surface area contributed by atoms with Crippen LogP contribution >= 0.6 is 0 Å². The van der Waals surface area contributed by atoms with E-state index in [1.165, 1.54) is 6.92 Å². The Bertz CT molecular complexity index is 1020. The molecule has 0 spiro atoms. The highest BCUT2D eigenvalue weighted by atomic mass is 16.5. The number of rotatable bonds is 8. The quantitative estimate of drug-likeness (QED) is 0.574. The lowest BCUT2D eigenvalue weighted by Gasteiger charge is -2.12. The van der Waals surface area contributed by atoms with E-state index in [0.29, 0.717) is 35.9 Å². The molecule has 0 saturated carbocycles. The van der Waals surface area contributed by atoms with Crippen molar-refractivity contribution in [1.29, 1.82) is 0 Å². The second-order valence-corrected chi connectivity index (χ2v) is 6.72. The minimum atomic E-state index is -0.262. The number of amides is 2. The summed E-state index contributed by atoms with van der Waals surface area (Å²) in [5.74, 6) is 0.225. The molecule has 0 radical (unpaired) electrons. The van der Waals surface area contributed by atoms with Crippen LogP contribution in [0, 0.1) is 0 Å². The van der Waals surface area contributed by atoms with Crippen molar-refractivity contribution >= 4 is 23.2 Å². The first-order valence-electron chi connectivity index (χ1n) is 9.53. The number of hydrogen-bond donors (Lipinski definition) is 2. The molecule has 0 aliphatic heterocycles. The van der Waals surface area contributed by atoms with Gasteiger partial charge in [-0.2, -0.15) is 0 Å². The minimum Gasteiger partial charge on any atom is -0.496 e. The summed E-state index contributed by atoms with van der Waals surface area (Å²) in [7, 11) is 1.59. The first-order valence-corrected chi connectivity index (χ1v) is 9.53. The fourth-order valence-corrected chi connectivity index (χ4v) is 2.97. The molecule has 2 amide bonds. The number of carbonyl (C=O) groups is 2. The Hall–Kier alpha value is -3.64. The summed E-state index contributed by atoms with van der Waals surface area (Å²) in [5, 5.41) is 5.54. The number of carbonyl (C=O) groups excluding carboxylic acids is 2. The van der Waals surface area contributed by atoms with Crippen LogP contribution in [0.3, 0.4) is 0 Å². The lowest BCUT2D eigenvalue weighted by Crippen LogP contribution is -2.13. The van der Waals surface area contributed by atoms with Crippen molar-refractivity contribution in [2.24, 2.45) is 0 Å². The van der Waals surface area contributed by atoms with Crippen LogP contribution in [0.4, 0.5) is 11.4 Å². The molecule has 3 aromatic carbocycles. The fourth-order valence-electron chi connectivity index (χ4n) is 2.97. The van der Waals surface area contributed by atoms with Gasteiger partial charge in [0.1, 0.15) is 5.75 Å². The van der Waals surface area contributed by atoms with Crippen molar-refractivity contribution in [2.75, 3.05) is 17.7 Å². The van der Waals surface area contributed by atoms with E-state index in [2.05, 4.69) is 10.6 Å². The first-order chi connectivity index (χ1) is 14.5. The van der Waals surface area contributed by atoms with Crippen LogP contribution in [-0.4, -0.2) is 18.9 Å². The summed E-state index contributed by atoms with van der Waals surface area (Å²) in [5.41, 5.74) is 3.55. The van der Waals surface area contributed by atoms with Crippen molar-refractivity contribution in [1.82, 2.24) is 0 Å². The van der Waals surface area contributed by atoms with Gasteiger partial charge in [-0.05, 0) is 42.0 Å². The van der Waals surface area contributed by atoms with Gasteiger partial charge in [0.2, 0.25) is 5.91 Å². The molecule has 0 aromatic heterocycles. The lowest BCUT2D eigenvalue weighted by molar-refractivity contribution is -0.114.